The van der Waals surface area contributed by atoms with Crippen LogP contribution in [-0.2, 0) is 12.3 Å². The fraction of sp³-hybridized carbons (Fsp3) is 0.714. The second-order valence-electron chi connectivity index (χ2n) is 8.86. The van der Waals surface area contributed by atoms with Crippen LogP contribution in [0, 0.1) is 36.4 Å². The molecule has 0 aliphatic heterocycles. The monoisotopic (exact) mass is 516 g/mol. The molecule has 0 aromatic heterocycles. The standard InChI is InChI=1S/C21H23F6I/c1-10-4-11-6-13(20(24,25)18(11)16(22)5-10)2-3-14-7-12-8-15(28)9-17(23)19(12)21(14,26)27/h4-5,12-15,17,19H,2-3,6-9H2,1H3/t12?,13?,14?,15?,17-,19+/m1/s1. The molecule has 0 bridgehead atoms. The van der Waals surface area contributed by atoms with Crippen molar-refractivity contribution in [3.8, 4) is 0 Å². The molecule has 0 nitrogen and oxygen atoms in total. The van der Waals surface area contributed by atoms with Gasteiger partial charge in [-0.2, -0.15) is 0 Å². The van der Waals surface area contributed by atoms with Crippen molar-refractivity contribution in [3.63, 3.8) is 0 Å². The Morgan fingerprint density at radius 1 is 1.04 bits per heavy atom. The molecular formula is C21H23F6I. The van der Waals surface area contributed by atoms with E-state index in [4.69, 9.17) is 0 Å². The van der Waals surface area contributed by atoms with Crippen molar-refractivity contribution in [2.45, 2.75) is 67.4 Å². The highest BCUT2D eigenvalue weighted by Gasteiger charge is 2.61. The summed E-state index contributed by atoms with van der Waals surface area (Å²) in [6.07, 6.45) is -0.830. The van der Waals surface area contributed by atoms with Crippen LogP contribution in [0.4, 0.5) is 26.3 Å². The Kier molecular flexibility index (Phi) is 5.23. The van der Waals surface area contributed by atoms with Gasteiger partial charge in [-0.05, 0) is 68.6 Å². The van der Waals surface area contributed by atoms with Crippen molar-refractivity contribution in [2.75, 3.05) is 0 Å². The quantitative estimate of drug-likeness (QED) is 0.231. The van der Waals surface area contributed by atoms with Crippen molar-refractivity contribution in [3.05, 3.63) is 34.6 Å². The summed E-state index contributed by atoms with van der Waals surface area (Å²) in [5.74, 6) is -11.4. The first-order valence-corrected chi connectivity index (χ1v) is 11.1. The van der Waals surface area contributed by atoms with Crippen LogP contribution < -0.4 is 0 Å². The lowest BCUT2D eigenvalue weighted by Crippen LogP contribution is -2.42. The van der Waals surface area contributed by atoms with Crippen LogP contribution in [-0.4, -0.2) is 16.0 Å². The smallest absolute Gasteiger partial charge is 0.247 e. The number of halogens is 7. The average Bonchev–Trinajstić information content (AvgIpc) is 2.94. The van der Waals surface area contributed by atoms with Gasteiger partial charge in [0.15, 0.2) is 0 Å². The normalized spacial score (nSPS) is 38.3. The molecule has 28 heavy (non-hydrogen) atoms. The van der Waals surface area contributed by atoms with Crippen LogP contribution in [0.15, 0.2) is 12.1 Å². The Hall–Kier alpha value is -0.470. The molecule has 1 aromatic carbocycles. The van der Waals surface area contributed by atoms with Crippen LogP contribution in [0.3, 0.4) is 0 Å². The highest BCUT2D eigenvalue weighted by atomic mass is 127. The van der Waals surface area contributed by atoms with Gasteiger partial charge in [0, 0.05) is 15.8 Å². The van der Waals surface area contributed by atoms with Gasteiger partial charge in [-0.1, -0.05) is 28.7 Å². The summed E-state index contributed by atoms with van der Waals surface area (Å²) >= 11 is 2.11. The summed E-state index contributed by atoms with van der Waals surface area (Å²) < 4.78 is 87.8. The van der Waals surface area contributed by atoms with Crippen molar-refractivity contribution in [1.82, 2.24) is 0 Å². The summed E-state index contributed by atoms with van der Waals surface area (Å²) in [7, 11) is 0. The lowest BCUT2D eigenvalue weighted by molar-refractivity contribution is -0.117. The van der Waals surface area contributed by atoms with E-state index in [0.717, 1.165) is 6.07 Å². The van der Waals surface area contributed by atoms with E-state index in [1.807, 2.05) is 0 Å². The highest BCUT2D eigenvalue weighted by molar-refractivity contribution is 14.1. The van der Waals surface area contributed by atoms with Crippen LogP contribution in [0.5, 0.6) is 0 Å². The largest absolute Gasteiger partial charge is 0.279 e. The molecule has 0 N–H and O–H groups in total. The van der Waals surface area contributed by atoms with Crippen molar-refractivity contribution in [2.24, 2.45) is 23.7 Å². The molecule has 4 unspecified atom stereocenters. The second kappa shape index (κ2) is 7.05. The molecule has 0 radical (unpaired) electrons. The van der Waals surface area contributed by atoms with E-state index < -0.39 is 47.2 Å². The topological polar surface area (TPSA) is 0 Å². The second-order valence-corrected chi connectivity index (χ2v) is 10.6. The van der Waals surface area contributed by atoms with Gasteiger partial charge in [-0.25, -0.2) is 26.3 Å². The van der Waals surface area contributed by atoms with Gasteiger partial charge in [-0.15, -0.1) is 0 Å². The molecule has 0 saturated heterocycles. The van der Waals surface area contributed by atoms with E-state index in [1.54, 1.807) is 13.0 Å². The molecule has 1 aromatic rings. The van der Waals surface area contributed by atoms with Crippen molar-refractivity contribution >= 4 is 22.6 Å². The molecule has 2 fully saturated rings. The van der Waals surface area contributed by atoms with E-state index in [9.17, 15) is 26.3 Å². The third-order valence-corrected chi connectivity index (χ3v) is 8.02. The molecule has 0 spiro atoms. The number of fused-ring (bicyclic) bond motifs is 2. The van der Waals surface area contributed by atoms with E-state index >= 15 is 0 Å². The van der Waals surface area contributed by atoms with Crippen molar-refractivity contribution in [1.29, 1.82) is 0 Å². The minimum Gasteiger partial charge on any atom is -0.247 e. The summed E-state index contributed by atoms with van der Waals surface area (Å²) in [4.78, 5) is 0. The number of rotatable bonds is 3. The molecule has 7 heteroatoms. The fourth-order valence-electron chi connectivity index (χ4n) is 5.79. The fourth-order valence-corrected chi connectivity index (χ4v) is 6.93. The number of hydrogen-bond acceptors (Lipinski definition) is 0. The molecule has 4 rings (SSSR count). The molecule has 6 atom stereocenters. The molecule has 156 valence electrons. The van der Waals surface area contributed by atoms with E-state index in [-0.39, 0.29) is 47.5 Å². The Balaban J connectivity index is 1.49. The maximum Gasteiger partial charge on any atom is 0.279 e. The predicted octanol–water partition coefficient (Wildman–Crippen LogP) is 7.00. The molecule has 2 saturated carbocycles. The van der Waals surface area contributed by atoms with Gasteiger partial charge >= 0.3 is 0 Å². The van der Waals surface area contributed by atoms with Gasteiger partial charge in [-0.3, -0.25) is 0 Å². The first-order chi connectivity index (χ1) is 13.0. The zero-order chi connectivity index (χ0) is 20.4. The maximum absolute atomic E-state index is 14.9. The Labute approximate surface area is 174 Å². The zero-order valence-electron chi connectivity index (χ0n) is 15.5. The lowest BCUT2D eigenvalue weighted by Gasteiger charge is -2.35. The van der Waals surface area contributed by atoms with Crippen molar-refractivity contribution < 1.29 is 26.3 Å². The van der Waals surface area contributed by atoms with Gasteiger partial charge in [0.2, 0.25) is 0 Å². The number of alkyl halides is 6. The van der Waals surface area contributed by atoms with E-state index in [2.05, 4.69) is 22.6 Å². The molecular weight excluding hydrogens is 493 g/mol. The Bertz CT molecular complexity index is 764. The summed E-state index contributed by atoms with van der Waals surface area (Å²) in [5, 5.41) is 0. The van der Waals surface area contributed by atoms with Crippen LogP contribution in [0.2, 0.25) is 0 Å². The zero-order valence-corrected chi connectivity index (χ0v) is 17.7. The molecule has 3 aliphatic rings. The summed E-state index contributed by atoms with van der Waals surface area (Å²) in [6.45, 7) is 1.64. The van der Waals surface area contributed by atoms with Gasteiger partial charge in [0.25, 0.3) is 11.8 Å². The minimum absolute atomic E-state index is 0.00631. The molecule has 0 amide bonds. The van der Waals surface area contributed by atoms with Crippen LogP contribution in [0.25, 0.3) is 0 Å². The number of hydrogen-bond donors (Lipinski definition) is 0. The Morgan fingerprint density at radius 2 is 1.71 bits per heavy atom. The highest BCUT2D eigenvalue weighted by Crippen LogP contribution is 2.58. The first kappa shape index (κ1) is 20.8. The van der Waals surface area contributed by atoms with Gasteiger partial charge in [0.1, 0.15) is 12.0 Å². The first-order valence-electron chi connectivity index (χ1n) is 9.85. The van der Waals surface area contributed by atoms with Crippen LogP contribution >= 0.6 is 22.6 Å². The molecule has 3 aliphatic carbocycles. The predicted molar refractivity (Wildman–Crippen MR) is 103 cm³/mol. The van der Waals surface area contributed by atoms with E-state index in [0.29, 0.717) is 12.0 Å². The summed E-state index contributed by atoms with van der Waals surface area (Å²) in [6, 6.07) is 2.64. The number of benzene rings is 1. The third-order valence-electron chi connectivity index (χ3n) is 7.01. The lowest BCUT2D eigenvalue weighted by atomic mass is 9.79. The number of aryl methyl sites for hydroxylation is 1. The van der Waals surface area contributed by atoms with Gasteiger partial charge in [0.05, 0.1) is 11.5 Å². The SMILES string of the molecule is Cc1cc(F)c2c(c1)CC(CCC1CC3CC(I)C[C@@H](F)[C@H]3C1(F)F)C2(F)F. The van der Waals surface area contributed by atoms with Gasteiger partial charge < -0.3 is 0 Å². The average molecular weight is 516 g/mol. The minimum atomic E-state index is -3.36. The third kappa shape index (κ3) is 3.27. The van der Waals surface area contributed by atoms with Crippen LogP contribution in [0.1, 0.15) is 48.8 Å². The molecule has 0 heterocycles. The summed E-state index contributed by atoms with van der Waals surface area (Å²) in [5.41, 5.74) is 0.267. The van der Waals surface area contributed by atoms with E-state index in [1.165, 1.54) is 0 Å². The Morgan fingerprint density at radius 3 is 2.43 bits per heavy atom. The maximum atomic E-state index is 14.9.